The van der Waals surface area contributed by atoms with Crippen LogP contribution in [0.2, 0.25) is 5.02 Å². The molecule has 0 bridgehead atoms. The first-order valence-electron chi connectivity index (χ1n) is 4.66. The van der Waals surface area contributed by atoms with Gasteiger partial charge in [-0.3, -0.25) is 0 Å². The van der Waals surface area contributed by atoms with Crippen LogP contribution in [0.4, 0.5) is 0 Å². The Hall–Kier alpha value is -1.24. The first kappa shape index (κ1) is 11.8. The standard InChI is InChI=1S/C11H13ClN2O/c1-7(6-13)15-11-4-3-9(8(2)14)5-10(11)12/h3-5,7-8H,14H2,1-2H3/t7?,8-/m1/s1. The maximum Gasteiger partial charge on any atom is 0.181 e. The third-order valence-corrected chi connectivity index (χ3v) is 2.26. The third-order valence-electron chi connectivity index (χ3n) is 1.97. The maximum atomic E-state index is 8.59. The SMILES string of the molecule is CC(C#N)Oc1ccc([C@@H](C)N)cc1Cl. The second-order valence-electron chi connectivity index (χ2n) is 3.37. The first-order chi connectivity index (χ1) is 7.04. The van der Waals surface area contributed by atoms with Gasteiger partial charge in [0.05, 0.1) is 5.02 Å². The Balaban J connectivity index is 2.89. The van der Waals surface area contributed by atoms with Gasteiger partial charge >= 0.3 is 0 Å². The molecule has 0 saturated heterocycles. The van der Waals surface area contributed by atoms with E-state index in [9.17, 15) is 0 Å². The molecule has 0 heterocycles. The monoisotopic (exact) mass is 224 g/mol. The molecule has 15 heavy (non-hydrogen) atoms. The minimum absolute atomic E-state index is 0.0649. The number of ether oxygens (including phenoxy) is 1. The summed E-state index contributed by atoms with van der Waals surface area (Å²) in [7, 11) is 0. The van der Waals surface area contributed by atoms with E-state index in [1.807, 2.05) is 19.1 Å². The van der Waals surface area contributed by atoms with Crippen molar-refractivity contribution in [3.63, 3.8) is 0 Å². The van der Waals surface area contributed by atoms with Crippen molar-refractivity contribution >= 4 is 11.6 Å². The second-order valence-corrected chi connectivity index (χ2v) is 3.77. The normalized spacial score (nSPS) is 14.1. The Kier molecular flexibility index (Phi) is 3.96. The average Bonchev–Trinajstić information content (AvgIpc) is 2.20. The molecule has 0 fully saturated rings. The summed E-state index contributed by atoms with van der Waals surface area (Å²) in [6, 6.07) is 7.24. The molecule has 0 aliphatic rings. The van der Waals surface area contributed by atoms with Crippen LogP contribution in [0.3, 0.4) is 0 Å². The molecular weight excluding hydrogens is 212 g/mol. The van der Waals surface area contributed by atoms with Crippen LogP contribution in [0, 0.1) is 11.3 Å². The number of hydrogen-bond acceptors (Lipinski definition) is 3. The van der Waals surface area contributed by atoms with Gasteiger partial charge in [-0.2, -0.15) is 5.26 Å². The lowest BCUT2D eigenvalue weighted by Gasteiger charge is -2.12. The molecule has 80 valence electrons. The third kappa shape index (κ3) is 3.12. The van der Waals surface area contributed by atoms with Gasteiger partial charge in [0, 0.05) is 6.04 Å². The molecule has 1 aromatic rings. The summed E-state index contributed by atoms with van der Waals surface area (Å²) in [6.07, 6.45) is -0.511. The summed E-state index contributed by atoms with van der Waals surface area (Å²) in [5.41, 5.74) is 6.65. The van der Waals surface area contributed by atoms with Crippen molar-refractivity contribution in [1.29, 1.82) is 5.26 Å². The largest absolute Gasteiger partial charge is 0.474 e. The van der Waals surface area contributed by atoms with Gasteiger partial charge in [0.2, 0.25) is 0 Å². The quantitative estimate of drug-likeness (QED) is 0.859. The van der Waals surface area contributed by atoms with E-state index in [2.05, 4.69) is 0 Å². The molecule has 3 nitrogen and oxygen atoms in total. The lowest BCUT2D eigenvalue weighted by atomic mass is 10.1. The van der Waals surface area contributed by atoms with Crippen LogP contribution < -0.4 is 10.5 Å². The Morgan fingerprint density at radius 3 is 2.60 bits per heavy atom. The number of nitrogens with zero attached hydrogens (tertiary/aromatic N) is 1. The number of halogens is 1. The highest BCUT2D eigenvalue weighted by Gasteiger charge is 2.08. The van der Waals surface area contributed by atoms with E-state index in [1.54, 1.807) is 19.1 Å². The van der Waals surface area contributed by atoms with Gasteiger partial charge in [-0.25, -0.2) is 0 Å². The molecular formula is C11H13ClN2O. The molecule has 2 atom stereocenters. The molecule has 1 rings (SSSR count). The van der Waals surface area contributed by atoms with E-state index in [-0.39, 0.29) is 6.04 Å². The van der Waals surface area contributed by atoms with E-state index in [0.29, 0.717) is 10.8 Å². The molecule has 0 aromatic heterocycles. The molecule has 4 heteroatoms. The van der Waals surface area contributed by atoms with Crippen molar-refractivity contribution in [3.05, 3.63) is 28.8 Å². The summed E-state index contributed by atoms with van der Waals surface area (Å²) in [6.45, 7) is 3.54. The first-order valence-corrected chi connectivity index (χ1v) is 5.03. The number of benzene rings is 1. The molecule has 0 amide bonds. The number of rotatable bonds is 3. The lowest BCUT2D eigenvalue weighted by molar-refractivity contribution is 0.276. The van der Waals surface area contributed by atoms with Crippen molar-refractivity contribution in [2.24, 2.45) is 5.73 Å². The highest BCUT2D eigenvalue weighted by molar-refractivity contribution is 6.32. The highest BCUT2D eigenvalue weighted by Crippen LogP contribution is 2.27. The fourth-order valence-electron chi connectivity index (χ4n) is 1.11. The van der Waals surface area contributed by atoms with Crippen LogP contribution >= 0.6 is 11.6 Å². The lowest BCUT2D eigenvalue weighted by Crippen LogP contribution is -2.09. The molecule has 0 aliphatic carbocycles. The van der Waals surface area contributed by atoms with Crippen LogP contribution in [-0.2, 0) is 0 Å². The van der Waals surface area contributed by atoms with Gasteiger partial charge < -0.3 is 10.5 Å². The Labute approximate surface area is 94.4 Å². The molecule has 0 aliphatic heterocycles. The fraction of sp³-hybridized carbons (Fsp3) is 0.364. The summed E-state index contributed by atoms with van der Waals surface area (Å²) in [5.74, 6) is 0.509. The molecule has 0 saturated carbocycles. The van der Waals surface area contributed by atoms with Crippen molar-refractivity contribution in [2.75, 3.05) is 0 Å². The fourth-order valence-corrected chi connectivity index (χ4v) is 1.35. The van der Waals surface area contributed by atoms with Crippen molar-refractivity contribution in [1.82, 2.24) is 0 Å². The minimum Gasteiger partial charge on any atom is -0.474 e. The van der Waals surface area contributed by atoms with Gasteiger partial charge in [0.15, 0.2) is 6.10 Å². The van der Waals surface area contributed by atoms with Crippen LogP contribution in [0.25, 0.3) is 0 Å². The van der Waals surface area contributed by atoms with Crippen LogP contribution in [0.1, 0.15) is 25.5 Å². The molecule has 0 radical (unpaired) electrons. The van der Waals surface area contributed by atoms with E-state index in [4.69, 9.17) is 27.3 Å². The van der Waals surface area contributed by atoms with E-state index in [0.717, 1.165) is 5.56 Å². The Bertz CT molecular complexity index is 385. The topological polar surface area (TPSA) is 59.0 Å². The smallest absolute Gasteiger partial charge is 0.181 e. The van der Waals surface area contributed by atoms with Crippen molar-refractivity contribution in [2.45, 2.75) is 26.0 Å². The summed E-state index contributed by atoms with van der Waals surface area (Å²) < 4.78 is 5.30. The zero-order valence-electron chi connectivity index (χ0n) is 8.70. The zero-order valence-corrected chi connectivity index (χ0v) is 9.45. The Morgan fingerprint density at radius 2 is 2.13 bits per heavy atom. The van der Waals surface area contributed by atoms with Gasteiger partial charge in [0.25, 0.3) is 0 Å². The van der Waals surface area contributed by atoms with Gasteiger partial charge in [-0.1, -0.05) is 17.7 Å². The summed E-state index contributed by atoms with van der Waals surface area (Å²) in [5, 5.41) is 9.07. The zero-order chi connectivity index (χ0) is 11.4. The van der Waals surface area contributed by atoms with Crippen LogP contribution in [0.15, 0.2) is 18.2 Å². The van der Waals surface area contributed by atoms with Gasteiger partial charge in [-0.05, 0) is 31.5 Å². The molecule has 0 spiro atoms. The van der Waals surface area contributed by atoms with E-state index in [1.165, 1.54) is 0 Å². The predicted octanol–water partition coefficient (Wildman–Crippen LogP) is 2.65. The number of nitrogens with two attached hydrogens (primary N) is 1. The van der Waals surface area contributed by atoms with Crippen molar-refractivity contribution in [3.8, 4) is 11.8 Å². The average molecular weight is 225 g/mol. The van der Waals surface area contributed by atoms with Crippen LogP contribution in [-0.4, -0.2) is 6.10 Å². The van der Waals surface area contributed by atoms with Crippen LogP contribution in [0.5, 0.6) is 5.75 Å². The summed E-state index contributed by atoms with van der Waals surface area (Å²) >= 11 is 5.98. The maximum absolute atomic E-state index is 8.59. The Morgan fingerprint density at radius 1 is 1.47 bits per heavy atom. The molecule has 2 N–H and O–H groups in total. The van der Waals surface area contributed by atoms with Gasteiger partial charge in [-0.15, -0.1) is 0 Å². The highest BCUT2D eigenvalue weighted by atomic mass is 35.5. The minimum atomic E-state index is -0.511. The molecule has 1 unspecified atom stereocenters. The van der Waals surface area contributed by atoms with Gasteiger partial charge in [0.1, 0.15) is 11.8 Å². The van der Waals surface area contributed by atoms with E-state index >= 15 is 0 Å². The number of nitriles is 1. The second kappa shape index (κ2) is 5.01. The number of hydrogen-bond donors (Lipinski definition) is 1. The predicted molar refractivity (Wildman–Crippen MR) is 59.8 cm³/mol. The molecule has 1 aromatic carbocycles. The summed E-state index contributed by atoms with van der Waals surface area (Å²) in [4.78, 5) is 0. The van der Waals surface area contributed by atoms with Crippen molar-refractivity contribution < 1.29 is 4.74 Å². The van der Waals surface area contributed by atoms with E-state index < -0.39 is 6.10 Å².